The van der Waals surface area contributed by atoms with Crippen LogP contribution in [0.1, 0.15) is 5.56 Å². The van der Waals surface area contributed by atoms with Crippen LogP contribution in [-0.4, -0.2) is 11.3 Å². The molecule has 0 saturated heterocycles. The maximum atomic E-state index is 13.5. The van der Waals surface area contributed by atoms with Crippen LogP contribution in [-0.2, 0) is 6.54 Å². The molecule has 0 aliphatic rings. The van der Waals surface area contributed by atoms with E-state index in [2.05, 4.69) is 15.0 Å². The number of ether oxygens (including phenoxy) is 1. The monoisotopic (exact) mass is 301 g/mol. The maximum Gasteiger partial charge on any atom is 0.573 e. The molecule has 3 N–H and O–H groups in total. The van der Waals surface area contributed by atoms with Crippen molar-refractivity contribution in [3.05, 3.63) is 47.9 Å². The second-order valence-corrected chi connectivity index (χ2v) is 4.07. The van der Waals surface area contributed by atoms with E-state index in [0.29, 0.717) is 12.4 Å². The Hall–Kier alpha value is -2.35. The van der Waals surface area contributed by atoms with E-state index >= 15 is 0 Å². The fourth-order valence-corrected chi connectivity index (χ4v) is 1.55. The van der Waals surface area contributed by atoms with Gasteiger partial charge in [0.05, 0.1) is 0 Å². The molecule has 2 rings (SSSR count). The van der Waals surface area contributed by atoms with Gasteiger partial charge in [0.25, 0.3) is 0 Å². The number of hydrogen-bond donors (Lipinski definition) is 2. The van der Waals surface area contributed by atoms with Crippen LogP contribution < -0.4 is 15.8 Å². The summed E-state index contributed by atoms with van der Waals surface area (Å²) < 4.78 is 53.1. The third-order valence-corrected chi connectivity index (χ3v) is 2.49. The Morgan fingerprint density at radius 1 is 1.19 bits per heavy atom. The highest BCUT2D eigenvalue weighted by atomic mass is 19.4. The molecule has 0 atom stereocenters. The lowest BCUT2D eigenvalue weighted by atomic mass is 10.2. The summed E-state index contributed by atoms with van der Waals surface area (Å²) in [6.07, 6.45) is -3.39. The van der Waals surface area contributed by atoms with E-state index in [1.54, 1.807) is 18.3 Å². The first-order chi connectivity index (χ1) is 9.87. The number of nitrogens with two attached hydrogens (primary N) is 1. The second-order valence-electron chi connectivity index (χ2n) is 4.07. The highest BCUT2D eigenvalue weighted by Gasteiger charge is 2.32. The zero-order valence-corrected chi connectivity index (χ0v) is 10.6. The van der Waals surface area contributed by atoms with Crippen molar-refractivity contribution >= 4 is 11.5 Å². The van der Waals surface area contributed by atoms with Gasteiger partial charge in [-0.25, -0.2) is 9.37 Å². The third kappa shape index (κ3) is 4.32. The van der Waals surface area contributed by atoms with E-state index < -0.39 is 17.9 Å². The molecule has 1 heterocycles. The summed E-state index contributed by atoms with van der Waals surface area (Å²) in [5.74, 6) is -1.61. The SMILES string of the molecule is NCc1ccc(Nc2ccc(OC(F)(F)F)c(F)c2)nc1. The molecule has 0 aliphatic heterocycles. The quantitative estimate of drug-likeness (QED) is 0.850. The molecule has 0 fully saturated rings. The number of rotatable bonds is 4. The first kappa shape index (κ1) is 15.0. The Morgan fingerprint density at radius 2 is 1.95 bits per heavy atom. The summed E-state index contributed by atoms with van der Waals surface area (Å²) in [7, 11) is 0. The lowest BCUT2D eigenvalue weighted by Crippen LogP contribution is -2.17. The van der Waals surface area contributed by atoms with Crippen molar-refractivity contribution in [2.24, 2.45) is 5.73 Å². The van der Waals surface area contributed by atoms with E-state index in [1.165, 1.54) is 6.07 Å². The van der Waals surface area contributed by atoms with Crippen LogP contribution in [0, 0.1) is 5.82 Å². The second kappa shape index (κ2) is 5.96. The van der Waals surface area contributed by atoms with Crippen LogP contribution >= 0.6 is 0 Å². The zero-order valence-electron chi connectivity index (χ0n) is 10.6. The number of alkyl halides is 3. The fourth-order valence-electron chi connectivity index (χ4n) is 1.55. The molecule has 0 spiro atoms. The summed E-state index contributed by atoms with van der Waals surface area (Å²) in [5, 5.41) is 2.76. The number of nitrogens with one attached hydrogen (secondary N) is 1. The molecular weight excluding hydrogens is 290 g/mol. The minimum Gasteiger partial charge on any atom is -0.403 e. The number of benzene rings is 1. The fraction of sp³-hybridized carbons (Fsp3) is 0.154. The summed E-state index contributed by atoms with van der Waals surface area (Å²) in [6.45, 7) is 0.339. The van der Waals surface area contributed by atoms with Gasteiger partial charge in [0.2, 0.25) is 0 Å². The van der Waals surface area contributed by atoms with Gasteiger partial charge in [0, 0.05) is 24.5 Å². The van der Waals surface area contributed by atoms with E-state index in [4.69, 9.17) is 5.73 Å². The normalized spacial score (nSPS) is 11.3. The lowest BCUT2D eigenvalue weighted by molar-refractivity contribution is -0.275. The van der Waals surface area contributed by atoms with Gasteiger partial charge >= 0.3 is 6.36 Å². The molecule has 0 aliphatic carbocycles. The van der Waals surface area contributed by atoms with Crippen LogP contribution in [0.15, 0.2) is 36.5 Å². The largest absolute Gasteiger partial charge is 0.573 e. The van der Waals surface area contributed by atoms with Crippen LogP contribution in [0.3, 0.4) is 0 Å². The van der Waals surface area contributed by atoms with Crippen LogP contribution in [0.2, 0.25) is 0 Å². The molecule has 1 aromatic heterocycles. The van der Waals surface area contributed by atoms with Crippen molar-refractivity contribution < 1.29 is 22.3 Å². The topological polar surface area (TPSA) is 60.2 Å². The maximum absolute atomic E-state index is 13.5. The number of nitrogens with zero attached hydrogens (tertiary/aromatic N) is 1. The Labute approximate surface area is 117 Å². The first-order valence-electron chi connectivity index (χ1n) is 5.85. The average molecular weight is 301 g/mol. The van der Waals surface area contributed by atoms with Crippen molar-refractivity contribution in [2.45, 2.75) is 12.9 Å². The summed E-state index contributed by atoms with van der Waals surface area (Å²) in [4.78, 5) is 4.03. The minimum atomic E-state index is -4.94. The number of anilines is 2. The van der Waals surface area contributed by atoms with Gasteiger partial charge in [-0.05, 0) is 23.8 Å². The average Bonchev–Trinajstić information content (AvgIpc) is 2.41. The van der Waals surface area contributed by atoms with Gasteiger partial charge in [0.15, 0.2) is 11.6 Å². The van der Waals surface area contributed by atoms with Crippen LogP contribution in [0.25, 0.3) is 0 Å². The summed E-state index contributed by atoms with van der Waals surface area (Å²) >= 11 is 0. The smallest absolute Gasteiger partial charge is 0.403 e. The lowest BCUT2D eigenvalue weighted by Gasteiger charge is -2.11. The van der Waals surface area contributed by atoms with E-state index in [0.717, 1.165) is 17.7 Å². The molecule has 112 valence electrons. The molecule has 0 unspecified atom stereocenters. The van der Waals surface area contributed by atoms with Crippen molar-refractivity contribution in [3.63, 3.8) is 0 Å². The number of pyridine rings is 1. The molecular formula is C13H11F4N3O. The molecule has 21 heavy (non-hydrogen) atoms. The Bertz CT molecular complexity index is 614. The van der Waals surface area contributed by atoms with E-state index in [9.17, 15) is 17.6 Å². The molecule has 0 amide bonds. The molecule has 2 aromatic rings. The number of aromatic nitrogens is 1. The van der Waals surface area contributed by atoms with Crippen molar-refractivity contribution in [3.8, 4) is 5.75 Å². The predicted octanol–water partition coefficient (Wildman–Crippen LogP) is 3.32. The van der Waals surface area contributed by atoms with Gasteiger partial charge in [0.1, 0.15) is 5.82 Å². The van der Waals surface area contributed by atoms with Gasteiger partial charge in [-0.15, -0.1) is 13.2 Å². The number of halogens is 4. The highest BCUT2D eigenvalue weighted by molar-refractivity contribution is 5.57. The molecule has 1 aromatic carbocycles. The Kier molecular flexibility index (Phi) is 4.27. The molecule has 0 bridgehead atoms. The van der Waals surface area contributed by atoms with Crippen LogP contribution in [0.5, 0.6) is 5.75 Å². The number of hydrogen-bond acceptors (Lipinski definition) is 4. The van der Waals surface area contributed by atoms with Gasteiger partial charge in [-0.2, -0.15) is 0 Å². The zero-order chi connectivity index (χ0) is 15.5. The van der Waals surface area contributed by atoms with E-state index in [1.807, 2.05) is 0 Å². The third-order valence-electron chi connectivity index (χ3n) is 2.49. The molecule has 4 nitrogen and oxygen atoms in total. The summed E-state index contributed by atoms with van der Waals surface area (Å²) in [5.41, 5.74) is 6.49. The van der Waals surface area contributed by atoms with Crippen molar-refractivity contribution in [2.75, 3.05) is 5.32 Å². The van der Waals surface area contributed by atoms with E-state index in [-0.39, 0.29) is 5.69 Å². The van der Waals surface area contributed by atoms with Gasteiger partial charge < -0.3 is 15.8 Å². The molecule has 0 saturated carbocycles. The predicted molar refractivity (Wildman–Crippen MR) is 68.5 cm³/mol. The highest BCUT2D eigenvalue weighted by Crippen LogP contribution is 2.28. The van der Waals surface area contributed by atoms with Crippen LogP contribution in [0.4, 0.5) is 29.1 Å². The Balaban J connectivity index is 2.12. The van der Waals surface area contributed by atoms with Crippen molar-refractivity contribution in [1.82, 2.24) is 4.98 Å². The van der Waals surface area contributed by atoms with Gasteiger partial charge in [-0.1, -0.05) is 6.07 Å². The standard InChI is InChI=1S/C13H11F4N3O/c14-10-5-9(2-3-11(10)21-13(15,16)17)20-12-4-1-8(6-18)7-19-12/h1-5,7H,6,18H2,(H,19,20). The van der Waals surface area contributed by atoms with Crippen molar-refractivity contribution in [1.29, 1.82) is 0 Å². The Morgan fingerprint density at radius 3 is 2.48 bits per heavy atom. The molecule has 8 heteroatoms. The first-order valence-corrected chi connectivity index (χ1v) is 5.85. The summed E-state index contributed by atoms with van der Waals surface area (Å²) in [6, 6.07) is 6.38. The van der Waals surface area contributed by atoms with Gasteiger partial charge in [-0.3, -0.25) is 0 Å². The minimum absolute atomic E-state index is 0.245. The molecule has 0 radical (unpaired) electrons.